The minimum Gasteiger partial charge on any atom is -0.482 e. The molecule has 2 rings (SSSR count). The van der Waals surface area contributed by atoms with Crippen molar-refractivity contribution in [3.63, 3.8) is 0 Å². The molecular formula is C17H16ClFN2O3. The molecule has 0 saturated carbocycles. The molecule has 0 heterocycles. The molecule has 0 atom stereocenters. The Bertz CT molecular complexity index is 780. The summed E-state index contributed by atoms with van der Waals surface area (Å²) in [4.78, 5) is 23.6. The molecule has 3 amide bonds. The molecule has 0 saturated heterocycles. The minimum atomic E-state index is -0.664. The lowest BCUT2D eigenvalue weighted by Crippen LogP contribution is -2.37. The van der Waals surface area contributed by atoms with Crippen LogP contribution in [-0.2, 0) is 4.79 Å². The van der Waals surface area contributed by atoms with Gasteiger partial charge in [-0.3, -0.25) is 10.1 Å². The van der Waals surface area contributed by atoms with Gasteiger partial charge >= 0.3 is 6.03 Å². The van der Waals surface area contributed by atoms with Gasteiger partial charge in [-0.15, -0.1) is 0 Å². The summed E-state index contributed by atoms with van der Waals surface area (Å²) in [5, 5.41) is 4.79. The van der Waals surface area contributed by atoms with Crippen molar-refractivity contribution in [1.29, 1.82) is 0 Å². The maximum absolute atomic E-state index is 12.9. The summed E-state index contributed by atoms with van der Waals surface area (Å²) in [7, 11) is 0. The third kappa shape index (κ3) is 4.70. The van der Waals surface area contributed by atoms with Crippen molar-refractivity contribution < 1.29 is 18.7 Å². The first-order valence-electron chi connectivity index (χ1n) is 7.11. The zero-order valence-electron chi connectivity index (χ0n) is 13.2. The van der Waals surface area contributed by atoms with Crippen LogP contribution in [0.4, 0.5) is 14.9 Å². The molecular weight excluding hydrogens is 335 g/mol. The van der Waals surface area contributed by atoms with Crippen molar-refractivity contribution >= 4 is 29.2 Å². The first kappa shape index (κ1) is 17.7. The normalized spacial score (nSPS) is 10.2. The van der Waals surface area contributed by atoms with Gasteiger partial charge in [0.05, 0.1) is 5.02 Å². The van der Waals surface area contributed by atoms with Gasteiger partial charge in [0, 0.05) is 5.69 Å². The molecule has 2 aromatic rings. The van der Waals surface area contributed by atoms with Gasteiger partial charge in [0.1, 0.15) is 11.6 Å². The molecule has 0 bridgehead atoms. The lowest BCUT2D eigenvalue weighted by atomic mass is 10.1. The Labute approximate surface area is 143 Å². The van der Waals surface area contributed by atoms with Gasteiger partial charge in [-0.25, -0.2) is 9.18 Å². The predicted octanol–water partition coefficient (Wildman–Crippen LogP) is 3.82. The number of hydrogen-bond donors (Lipinski definition) is 2. The number of carbonyl (C=O) groups excluding carboxylic acids is 2. The Balaban J connectivity index is 1.87. The lowest BCUT2D eigenvalue weighted by molar-refractivity contribution is -0.121. The Morgan fingerprint density at radius 1 is 1.21 bits per heavy atom. The Morgan fingerprint density at radius 2 is 1.96 bits per heavy atom. The molecule has 0 unspecified atom stereocenters. The highest BCUT2D eigenvalue weighted by Gasteiger charge is 2.11. The highest BCUT2D eigenvalue weighted by molar-refractivity contribution is 6.32. The minimum absolute atomic E-state index is 0.0441. The van der Waals surface area contributed by atoms with Crippen molar-refractivity contribution in [2.75, 3.05) is 11.9 Å². The monoisotopic (exact) mass is 350 g/mol. The van der Waals surface area contributed by atoms with Crippen LogP contribution in [0, 0.1) is 19.7 Å². The number of amides is 3. The highest BCUT2D eigenvalue weighted by Crippen LogP contribution is 2.24. The second kappa shape index (κ2) is 7.79. The fourth-order valence-corrected chi connectivity index (χ4v) is 2.16. The summed E-state index contributed by atoms with van der Waals surface area (Å²) >= 11 is 5.78. The van der Waals surface area contributed by atoms with E-state index >= 15 is 0 Å². The van der Waals surface area contributed by atoms with E-state index in [2.05, 4.69) is 10.6 Å². The standard InChI is InChI=1S/C17H16ClFN2O3/c1-10-4-3-5-14(11(10)2)20-17(23)21-16(22)9-24-15-7-6-12(19)8-13(15)18/h3-8H,9H2,1-2H3,(H2,20,21,22,23). The number of ether oxygens (including phenoxy) is 1. The third-order valence-corrected chi connectivity index (χ3v) is 3.65. The Hall–Kier alpha value is -2.60. The van der Waals surface area contributed by atoms with E-state index in [0.29, 0.717) is 5.69 Å². The van der Waals surface area contributed by atoms with E-state index in [9.17, 15) is 14.0 Å². The van der Waals surface area contributed by atoms with Crippen molar-refractivity contribution in [3.05, 3.63) is 58.4 Å². The summed E-state index contributed by atoms with van der Waals surface area (Å²) < 4.78 is 18.1. The summed E-state index contributed by atoms with van der Waals surface area (Å²) in [6.07, 6.45) is 0. The predicted molar refractivity (Wildman–Crippen MR) is 90.0 cm³/mol. The molecule has 0 radical (unpaired) electrons. The average Bonchev–Trinajstić information content (AvgIpc) is 2.51. The van der Waals surface area contributed by atoms with Gasteiger partial charge in [-0.1, -0.05) is 23.7 Å². The summed E-state index contributed by atoms with van der Waals surface area (Å²) in [6, 6.07) is 8.34. The number of halogens is 2. The molecule has 2 aromatic carbocycles. The van der Waals surface area contributed by atoms with E-state index in [-0.39, 0.29) is 10.8 Å². The zero-order valence-corrected chi connectivity index (χ0v) is 13.9. The van der Waals surface area contributed by atoms with E-state index < -0.39 is 24.4 Å². The summed E-state index contributed by atoms with van der Waals surface area (Å²) in [6.45, 7) is 3.36. The number of carbonyl (C=O) groups is 2. The Morgan fingerprint density at radius 3 is 2.67 bits per heavy atom. The smallest absolute Gasteiger partial charge is 0.325 e. The van der Waals surface area contributed by atoms with Crippen LogP contribution in [0.2, 0.25) is 5.02 Å². The van der Waals surface area contributed by atoms with Gasteiger partial charge in [0.2, 0.25) is 0 Å². The number of aryl methyl sites for hydroxylation is 1. The third-order valence-electron chi connectivity index (χ3n) is 3.36. The van der Waals surface area contributed by atoms with Crippen molar-refractivity contribution in [3.8, 4) is 5.75 Å². The molecule has 24 heavy (non-hydrogen) atoms. The van der Waals surface area contributed by atoms with Crippen molar-refractivity contribution in [2.45, 2.75) is 13.8 Å². The van der Waals surface area contributed by atoms with Crippen LogP contribution in [0.1, 0.15) is 11.1 Å². The molecule has 0 aliphatic rings. The van der Waals surface area contributed by atoms with E-state index in [1.165, 1.54) is 6.07 Å². The second-order valence-electron chi connectivity index (χ2n) is 5.11. The molecule has 7 heteroatoms. The Kier molecular flexibility index (Phi) is 5.76. The molecule has 2 N–H and O–H groups in total. The van der Waals surface area contributed by atoms with Crippen LogP contribution in [0.3, 0.4) is 0 Å². The number of nitrogens with one attached hydrogen (secondary N) is 2. The SMILES string of the molecule is Cc1cccc(NC(=O)NC(=O)COc2ccc(F)cc2Cl)c1C. The van der Waals surface area contributed by atoms with Gasteiger partial charge in [-0.2, -0.15) is 0 Å². The van der Waals surface area contributed by atoms with Crippen LogP contribution in [-0.4, -0.2) is 18.5 Å². The number of imide groups is 1. The van der Waals surface area contributed by atoms with Crippen LogP contribution in [0.25, 0.3) is 0 Å². The fraction of sp³-hybridized carbons (Fsp3) is 0.176. The first-order chi connectivity index (χ1) is 11.4. The van der Waals surface area contributed by atoms with E-state index in [1.807, 2.05) is 19.9 Å². The fourth-order valence-electron chi connectivity index (χ4n) is 1.94. The van der Waals surface area contributed by atoms with E-state index in [1.54, 1.807) is 12.1 Å². The molecule has 0 aliphatic carbocycles. The highest BCUT2D eigenvalue weighted by atomic mass is 35.5. The first-order valence-corrected chi connectivity index (χ1v) is 7.49. The maximum Gasteiger partial charge on any atom is 0.325 e. The van der Waals surface area contributed by atoms with Gasteiger partial charge in [0.25, 0.3) is 5.91 Å². The molecule has 0 aliphatic heterocycles. The molecule has 126 valence electrons. The van der Waals surface area contributed by atoms with E-state index in [4.69, 9.17) is 16.3 Å². The van der Waals surface area contributed by atoms with Crippen molar-refractivity contribution in [1.82, 2.24) is 5.32 Å². The van der Waals surface area contributed by atoms with Crippen LogP contribution in [0.15, 0.2) is 36.4 Å². The summed E-state index contributed by atoms with van der Waals surface area (Å²) in [5.74, 6) is -1.01. The maximum atomic E-state index is 12.9. The number of benzene rings is 2. The van der Waals surface area contributed by atoms with E-state index in [0.717, 1.165) is 23.3 Å². The lowest BCUT2D eigenvalue weighted by Gasteiger charge is -2.11. The number of urea groups is 1. The average molecular weight is 351 g/mol. The molecule has 0 fully saturated rings. The number of rotatable bonds is 4. The topological polar surface area (TPSA) is 67.4 Å². The van der Waals surface area contributed by atoms with Crippen LogP contribution >= 0.6 is 11.6 Å². The largest absolute Gasteiger partial charge is 0.482 e. The molecule has 5 nitrogen and oxygen atoms in total. The van der Waals surface area contributed by atoms with Gasteiger partial charge < -0.3 is 10.1 Å². The van der Waals surface area contributed by atoms with Crippen LogP contribution < -0.4 is 15.4 Å². The molecule has 0 aromatic heterocycles. The van der Waals surface area contributed by atoms with Gasteiger partial charge in [0.15, 0.2) is 6.61 Å². The number of hydrogen-bond acceptors (Lipinski definition) is 3. The summed E-state index contributed by atoms with van der Waals surface area (Å²) in [5.41, 5.74) is 2.55. The van der Waals surface area contributed by atoms with Crippen molar-refractivity contribution in [2.24, 2.45) is 0 Å². The second-order valence-corrected chi connectivity index (χ2v) is 5.52. The van der Waals surface area contributed by atoms with Crippen LogP contribution in [0.5, 0.6) is 5.75 Å². The quantitative estimate of drug-likeness (QED) is 0.880. The number of anilines is 1. The van der Waals surface area contributed by atoms with Gasteiger partial charge in [-0.05, 0) is 49.2 Å². The molecule has 0 spiro atoms. The zero-order chi connectivity index (χ0) is 17.7.